The van der Waals surface area contributed by atoms with Crippen LogP contribution in [0.5, 0.6) is 0 Å². The first-order chi connectivity index (χ1) is 14.1. The molecule has 1 heterocycles. The Morgan fingerprint density at radius 3 is 2.48 bits per heavy atom. The van der Waals surface area contributed by atoms with Crippen molar-refractivity contribution < 1.29 is 30.0 Å². The average Bonchev–Trinajstić information content (AvgIpc) is 3.11. The van der Waals surface area contributed by atoms with Gasteiger partial charge in [0, 0.05) is 23.4 Å². The minimum Gasteiger partial charge on any atom is -0.466 e. The van der Waals surface area contributed by atoms with Gasteiger partial charge < -0.3 is 30.1 Å². The zero-order valence-electron chi connectivity index (χ0n) is 15.7. The topological polar surface area (TPSA) is 159 Å². The Bertz CT molecular complexity index is 985. The van der Waals surface area contributed by atoms with Crippen molar-refractivity contribution in [2.24, 2.45) is 4.99 Å². The van der Waals surface area contributed by atoms with E-state index < -0.39 is 25.9 Å². The molecule has 152 valence electrons. The van der Waals surface area contributed by atoms with E-state index in [1.807, 2.05) is 6.07 Å². The van der Waals surface area contributed by atoms with Crippen LogP contribution in [0.3, 0.4) is 0 Å². The first kappa shape index (κ1) is 22.0. The van der Waals surface area contributed by atoms with E-state index in [0.29, 0.717) is 39.1 Å². The number of hydrogen-bond donors (Lipinski definition) is 5. The normalized spacial score (nSPS) is 11.3. The molecule has 2 rings (SSSR count). The molecule has 5 N–H and O–H groups in total. The highest BCUT2D eigenvalue weighted by molar-refractivity contribution is 5.97. The van der Waals surface area contributed by atoms with E-state index in [1.54, 1.807) is 12.1 Å². The number of nitrogens with one attached hydrogen (secondary N) is 1. The zero-order chi connectivity index (χ0) is 21.4. The number of methoxy groups -OCH3 is 1. The molecule has 0 radical (unpaired) electrons. The molecule has 0 aliphatic carbocycles. The van der Waals surface area contributed by atoms with Crippen molar-refractivity contribution in [1.29, 1.82) is 5.26 Å². The molecule has 0 spiro atoms. The van der Waals surface area contributed by atoms with Crippen LogP contribution in [-0.4, -0.2) is 51.4 Å². The monoisotopic (exact) mass is 399 g/mol. The predicted molar refractivity (Wildman–Crippen MR) is 104 cm³/mol. The highest BCUT2D eigenvalue weighted by Crippen LogP contribution is 2.36. The fourth-order valence-electron chi connectivity index (χ4n) is 3.03. The van der Waals surface area contributed by atoms with Crippen LogP contribution in [0.2, 0.25) is 0 Å². The molecule has 0 aliphatic rings. The molecule has 0 aliphatic heterocycles. The lowest BCUT2D eigenvalue weighted by atomic mass is 9.90. The SMILES string of the molecule is COC(=O)/C=C/c1c(C#N)[nH]c(C=NCO)c1-c1ccc(CO)c(CO)c1CO. The Kier molecular flexibility index (Phi) is 7.82. The molecule has 29 heavy (non-hydrogen) atoms. The summed E-state index contributed by atoms with van der Waals surface area (Å²) in [6, 6.07) is 5.23. The standard InChI is InChI=1S/C20H21N3O6/c1-29-19(28)5-4-14-17(6-21)23-18(7-22-11-27)20(14)13-3-2-12(8-24)15(9-25)16(13)10-26/h2-5,7,23-27H,8-11H2,1H3/b5-4+,22-7?. The van der Waals surface area contributed by atoms with Crippen molar-refractivity contribution in [1.82, 2.24) is 4.98 Å². The van der Waals surface area contributed by atoms with Gasteiger partial charge in [-0.15, -0.1) is 0 Å². The number of aliphatic hydroxyl groups is 4. The van der Waals surface area contributed by atoms with Crippen LogP contribution in [0.1, 0.15) is 33.6 Å². The van der Waals surface area contributed by atoms with E-state index in [4.69, 9.17) is 5.11 Å². The summed E-state index contributed by atoms with van der Waals surface area (Å²) in [6.45, 7) is -1.66. The third-order valence-electron chi connectivity index (χ3n) is 4.35. The molecule has 0 atom stereocenters. The lowest BCUT2D eigenvalue weighted by Crippen LogP contribution is -2.04. The van der Waals surface area contributed by atoms with Crippen LogP contribution in [0.4, 0.5) is 0 Å². The predicted octanol–water partition coefficient (Wildman–Crippen LogP) is 0.585. The summed E-state index contributed by atoms with van der Waals surface area (Å²) in [7, 11) is 1.22. The third-order valence-corrected chi connectivity index (χ3v) is 4.35. The summed E-state index contributed by atoms with van der Waals surface area (Å²) in [5.74, 6) is -0.624. The number of carbonyl (C=O) groups is 1. The van der Waals surface area contributed by atoms with E-state index in [-0.39, 0.29) is 12.3 Å². The van der Waals surface area contributed by atoms with Gasteiger partial charge in [0.2, 0.25) is 0 Å². The van der Waals surface area contributed by atoms with Crippen LogP contribution in [0, 0.1) is 11.3 Å². The van der Waals surface area contributed by atoms with Gasteiger partial charge in [0.1, 0.15) is 18.5 Å². The van der Waals surface area contributed by atoms with Crippen molar-refractivity contribution in [2.45, 2.75) is 19.8 Å². The summed E-state index contributed by atoms with van der Waals surface area (Å²) in [6.07, 6.45) is 3.87. The summed E-state index contributed by atoms with van der Waals surface area (Å²) in [4.78, 5) is 18.2. The largest absolute Gasteiger partial charge is 0.466 e. The quantitative estimate of drug-likeness (QED) is 0.247. The summed E-state index contributed by atoms with van der Waals surface area (Å²) >= 11 is 0. The van der Waals surface area contributed by atoms with Crippen molar-refractivity contribution in [2.75, 3.05) is 13.8 Å². The zero-order valence-corrected chi connectivity index (χ0v) is 15.7. The van der Waals surface area contributed by atoms with Crippen molar-refractivity contribution in [3.63, 3.8) is 0 Å². The second-order valence-electron chi connectivity index (χ2n) is 5.83. The van der Waals surface area contributed by atoms with E-state index >= 15 is 0 Å². The van der Waals surface area contributed by atoms with E-state index in [2.05, 4.69) is 14.7 Å². The van der Waals surface area contributed by atoms with Crippen LogP contribution in [0.25, 0.3) is 17.2 Å². The number of hydrogen-bond acceptors (Lipinski definition) is 8. The van der Waals surface area contributed by atoms with Gasteiger partial charge in [-0.3, -0.25) is 4.99 Å². The number of aromatic amines is 1. The number of carbonyl (C=O) groups excluding carboxylic acids is 1. The molecular formula is C20H21N3O6. The molecule has 1 aromatic carbocycles. The Labute approximate surface area is 166 Å². The molecule has 0 fully saturated rings. The van der Waals surface area contributed by atoms with E-state index in [0.717, 1.165) is 6.08 Å². The van der Waals surface area contributed by atoms with Crippen molar-refractivity contribution in [3.05, 3.63) is 51.9 Å². The van der Waals surface area contributed by atoms with Gasteiger partial charge in [0.15, 0.2) is 0 Å². The molecule has 0 bridgehead atoms. The van der Waals surface area contributed by atoms with Gasteiger partial charge in [-0.2, -0.15) is 5.26 Å². The number of benzene rings is 1. The number of ether oxygens (including phenoxy) is 1. The molecule has 0 amide bonds. The molecule has 2 aromatic rings. The number of H-pyrrole nitrogens is 1. The van der Waals surface area contributed by atoms with Gasteiger partial charge in [0.05, 0.1) is 32.6 Å². The smallest absolute Gasteiger partial charge is 0.330 e. The maximum Gasteiger partial charge on any atom is 0.330 e. The number of aliphatic hydroxyl groups excluding tert-OH is 4. The highest BCUT2D eigenvalue weighted by Gasteiger charge is 2.21. The molecule has 0 unspecified atom stereocenters. The van der Waals surface area contributed by atoms with Crippen molar-refractivity contribution >= 4 is 18.3 Å². The number of nitriles is 1. The number of esters is 1. The Balaban J connectivity index is 2.87. The fourth-order valence-corrected chi connectivity index (χ4v) is 3.03. The molecular weight excluding hydrogens is 378 g/mol. The van der Waals surface area contributed by atoms with Gasteiger partial charge >= 0.3 is 5.97 Å². The third kappa shape index (κ3) is 4.59. The van der Waals surface area contributed by atoms with Gasteiger partial charge in [-0.05, 0) is 28.3 Å². The maximum atomic E-state index is 11.6. The molecule has 1 aromatic heterocycles. The highest BCUT2D eigenvalue weighted by atomic mass is 16.5. The van der Waals surface area contributed by atoms with Crippen LogP contribution >= 0.6 is 0 Å². The first-order valence-electron chi connectivity index (χ1n) is 8.55. The number of rotatable bonds is 8. The van der Waals surface area contributed by atoms with Gasteiger partial charge in [-0.1, -0.05) is 12.1 Å². The molecule has 0 saturated carbocycles. The number of aliphatic imine (C=N–C) groups is 1. The molecule has 9 heteroatoms. The minimum absolute atomic E-state index is 0.125. The van der Waals surface area contributed by atoms with Gasteiger partial charge in [-0.25, -0.2) is 4.79 Å². The Morgan fingerprint density at radius 2 is 1.93 bits per heavy atom. The molecule has 9 nitrogen and oxygen atoms in total. The molecule has 0 saturated heterocycles. The number of nitrogens with zero attached hydrogens (tertiary/aromatic N) is 2. The maximum absolute atomic E-state index is 11.6. The summed E-state index contributed by atoms with van der Waals surface area (Å²) in [5.41, 5.74) is 2.89. The fraction of sp³-hybridized carbons (Fsp3) is 0.250. The average molecular weight is 399 g/mol. The first-order valence-corrected chi connectivity index (χ1v) is 8.55. The van der Waals surface area contributed by atoms with Crippen LogP contribution < -0.4 is 0 Å². The van der Waals surface area contributed by atoms with Gasteiger partial charge in [0.25, 0.3) is 0 Å². The lowest BCUT2D eigenvalue weighted by Gasteiger charge is -2.16. The van der Waals surface area contributed by atoms with Crippen molar-refractivity contribution in [3.8, 4) is 17.2 Å². The minimum atomic E-state index is -0.624. The summed E-state index contributed by atoms with van der Waals surface area (Å²) < 4.78 is 4.60. The van der Waals surface area contributed by atoms with Crippen LogP contribution in [-0.2, 0) is 29.4 Å². The lowest BCUT2D eigenvalue weighted by molar-refractivity contribution is -0.134. The Hall–Kier alpha value is -3.29. The van der Waals surface area contributed by atoms with E-state index in [9.17, 15) is 25.4 Å². The summed E-state index contributed by atoms with van der Waals surface area (Å²) in [5, 5.41) is 47.8. The number of aromatic nitrogens is 1. The second-order valence-corrected chi connectivity index (χ2v) is 5.83. The second kappa shape index (κ2) is 10.3. The Morgan fingerprint density at radius 1 is 1.21 bits per heavy atom. The van der Waals surface area contributed by atoms with E-state index in [1.165, 1.54) is 19.4 Å². The van der Waals surface area contributed by atoms with Crippen LogP contribution in [0.15, 0.2) is 23.2 Å².